The maximum absolute atomic E-state index is 13.8. The summed E-state index contributed by atoms with van der Waals surface area (Å²) in [4.78, 5) is 79.0. The Morgan fingerprint density at radius 1 is 0.887 bits per heavy atom. The van der Waals surface area contributed by atoms with Gasteiger partial charge in [-0.1, -0.05) is 35.7 Å². The van der Waals surface area contributed by atoms with E-state index in [1.807, 2.05) is 0 Å². The van der Waals surface area contributed by atoms with Gasteiger partial charge in [0.05, 0.1) is 21.0 Å². The van der Waals surface area contributed by atoms with E-state index in [9.17, 15) is 57.1 Å². The van der Waals surface area contributed by atoms with Gasteiger partial charge in [-0.05, 0) is 25.0 Å². The quantitative estimate of drug-likeness (QED) is 0.149. The summed E-state index contributed by atoms with van der Waals surface area (Å²) in [5.41, 5.74) is -0.602. The van der Waals surface area contributed by atoms with E-state index in [0.29, 0.717) is 50.9 Å². The maximum Gasteiger partial charge on any atom is 0.323 e. The number of carboxylic acids is 3. The molecule has 24 heteroatoms. The highest BCUT2D eigenvalue weighted by atomic mass is 32.2. The summed E-state index contributed by atoms with van der Waals surface area (Å²) in [5.74, 6) is -4.69. The molecule has 6 rings (SSSR count). The van der Waals surface area contributed by atoms with Gasteiger partial charge in [-0.3, -0.25) is 47.4 Å². The summed E-state index contributed by atoms with van der Waals surface area (Å²) in [6.45, 7) is -0.770. The van der Waals surface area contributed by atoms with Crippen molar-refractivity contribution in [2.75, 3.05) is 30.5 Å². The molecule has 5 heterocycles. The minimum Gasteiger partial charge on any atom is -0.480 e. The second-order valence-corrected chi connectivity index (χ2v) is 17.5. The number of thioether (sulfide) groups is 2. The number of hydrogen-bond donors (Lipinski definition) is 4. The van der Waals surface area contributed by atoms with Gasteiger partial charge in [0.2, 0.25) is 6.79 Å². The number of ether oxygens (including phenoxy) is 2. The van der Waals surface area contributed by atoms with E-state index in [0.717, 1.165) is 30.3 Å². The first kappa shape index (κ1) is 38.3. The van der Waals surface area contributed by atoms with Gasteiger partial charge in [-0.2, -0.15) is 8.42 Å². The van der Waals surface area contributed by atoms with Crippen LogP contribution in [-0.4, -0.2) is 96.1 Å². The van der Waals surface area contributed by atoms with Crippen molar-refractivity contribution < 1.29 is 56.9 Å². The molecule has 3 aliphatic heterocycles. The Balaban J connectivity index is 1.57. The molecule has 53 heavy (non-hydrogen) atoms. The van der Waals surface area contributed by atoms with Gasteiger partial charge in [0, 0.05) is 23.6 Å². The average molecular weight is 845 g/mol. The van der Waals surface area contributed by atoms with Crippen LogP contribution in [0.1, 0.15) is 13.3 Å². The van der Waals surface area contributed by atoms with Gasteiger partial charge < -0.3 is 29.7 Å². The van der Waals surface area contributed by atoms with Crippen molar-refractivity contribution in [1.82, 2.24) is 14.0 Å². The Kier molecular flexibility index (Phi) is 10.7. The van der Waals surface area contributed by atoms with E-state index < -0.39 is 70.4 Å². The van der Waals surface area contributed by atoms with Crippen molar-refractivity contribution >= 4 is 113 Å². The van der Waals surface area contributed by atoms with Crippen LogP contribution >= 0.6 is 58.4 Å². The molecule has 0 spiro atoms. The van der Waals surface area contributed by atoms with Crippen LogP contribution in [0.5, 0.6) is 11.5 Å². The van der Waals surface area contributed by atoms with Crippen molar-refractivity contribution in [3.8, 4) is 11.5 Å². The Morgan fingerprint density at radius 2 is 1.51 bits per heavy atom. The van der Waals surface area contributed by atoms with Gasteiger partial charge in [0.1, 0.15) is 42.7 Å². The van der Waals surface area contributed by atoms with Crippen LogP contribution in [0.2, 0.25) is 0 Å². The minimum absolute atomic E-state index is 0.0123. The van der Waals surface area contributed by atoms with Crippen molar-refractivity contribution in [3.63, 3.8) is 0 Å². The van der Waals surface area contributed by atoms with E-state index in [1.165, 1.54) is 17.8 Å². The summed E-state index contributed by atoms with van der Waals surface area (Å²) >= 11 is 8.49. The fraction of sp³-hybridized carbons (Fsp3) is 0.276. The molecule has 0 unspecified atom stereocenters. The number of aromatic nitrogens is 2. The average Bonchev–Trinajstić information content (AvgIpc) is 3.86. The molecule has 0 bridgehead atoms. The number of benzene rings is 1. The van der Waals surface area contributed by atoms with Gasteiger partial charge in [0.15, 0.2) is 11.5 Å². The molecule has 0 atom stereocenters. The number of hydrogen-bond acceptors (Lipinski definition) is 16. The molecule has 2 aromatic heterocycles. The SMILES string of the molecule is C/C(C=c1s/c(=c2/s/c(=C3/SC(=S)N(CC(=O)O)C3=O)n(CC(=O)O)c2=O)n(CC(=O)O)c1=O)=C1\Sc2cc3c(cc2N1CCCS(=O)(=O)O)OCO3. The predicted molar refractivity (Wildman–Crippen MR) is 196 cm³/mol. The first-order valence-corrected chi connectivity index (χ1v) is 20.2. The summed E-state index contributed by atoms with van der Waals surface area (Å²) < 4.78 is 44.2. The van der Waals surface area contributed by atoms with Crippen LogP contribution in [0, 0.1) is 9.20 Å². The highest BCUT2D eigenvalue weighted by Gasteiger charge is 2.36. The van der Waals surface area contributed by atoms with Crippen LogP contribution in [-0.2, 0) is 42.4 Å². The second kappa shape index (κ2) is 14.8. The molecule has 280 valence electrons. The predicted octanol–water partition coefficient (Wildman–Crippen LogP) is 0.273. The van der Waals surface area contributed by atoms with Crippen molar-refractivity contribution in [3.05, 3.63) is 61.8 Å². The number of anilines is 1. The Hall–Kier alpha value is -4.46. The van der Waals surface area contributed by atoms with Crippen LogP contribution in [0.15, 0.2) is 37.2 Å². The summed E-state index contributed by atoms with van der Waals surface area (Å²) in [5, 5.41) is 29.1. The largest absolute Gasteiger partial charge is 0.480 e. The van der Waals surface area contributed by atoms with Gasteiger partial charge in [-0.25, -0.2) is 0 Å². The Bertz CT molecular complexity index is 2640. The number of thiazole rings is 2. The van der Waals surface area contributed by atoms with Crippen LogP contribution in [0.4, 0.5) is 5.69 Å². The van der Waals surface area contributed by atoms with Gasteiger partial charge in [0.25, 0.3) is 27.1 Å². The number of carbonyl (C=O) groups excluding carboxylic acids is 1. The van der Waals surface area contributed by atoms with Crippen LogP contribution in [0.3, 0.4) is 0 Å². The molecule has 4 N–H and O–H groups in total. The first-order valence-electron chi connectivity index (χ1n) is 14.9. The third-order valence-corrected chi connectivity index (χ3v) is 13.7. The molecule has 0 radical (unpaired) electrons. The number of fused-ring (bicyclic) bond motifs is 2. The van der Waals surface area contributed by atoms with Crippen molar-refractivity contribution in [2.24, 2.45) is 0 Å². The minimum atomic E-state index is -4.27. The topological polar surface area (TPSA) is 252 Å². The molecular weight excluding hydrogens is 821 g/mol. The molecule has 1 saturated heterocycles. The van der Waals surface area contributed by atoms with E-state index in [2.05, 4.69) is 0 Å². The molecule has 3 aromatic rings. The number of aliphatic carboxylic acids is 3. The van der Waals surface area contributed by atoms with Crippen LogP contribution < -0.4 is 34.7 Å². The number of rotatable bonds is 11. The zero-order chi connectivity index (χ0) is 38.5. The molecule has 1 amide bonds. The Labute approximate surface area is 317 Å². The molecule has 1 fully saturated rings. The molecule has 18 nitrogen and oxygen atoms in total. The molecule has 3 aliphatic rings. The lowest BCUT2D eigenvalue weighted by Crippen LogP contribution is -2.35. The van der Waals surface area contributed by atoms with E-state index >= 15 is 0 Å². The van der Waals surface area contributed by atoms with Crippen LogP contribution in [0.25, 0.3) is 11.0 Å². The summed E-state index contributed by atoms with van der Waals surface area (Å²) in [7, 11) is -4.27. The molecular formula is C29H24N4O14S6. The lowest BCUT2D eigenvalue weighted by Gasteiger charge is -2.21. The smallest absolute Gasteiger partial charge is 0.323 e. The molecule has 1 aromatic carbocycles. The Morgan fingerprint density at radius 3 is 2.13 bits per heavy atom. The molecule has 0 aliphatic carbocycles. The zero-order valence-electron chi connectivity index (χ0n) is 26.8. The fourth-order valence-corrected chi connectivity index (χ4v) is 10.9. The lowest BCUT2D eigenvalue weighted by molar-refractivity contribution is -0.140. The molecule has 0 saturated carbocycles. The second-order valence-electron chi connectivity index (χ2n) is 11.3. The van der Waals surface area contributed by atoms with Gasteiger partial charge in [-0.15, -0.1) is 22.7 Å². The van der Waals surface area contributed by atoms with Crippen molar-refractivity contribution in [2.45, 2.75) is 31.3 Å². The van der Waals surface area contributed by atoms with E-state index in [4.69, 9.17) is 21.7 Å². The normalized spacial score (nSPS) is 18.3. The fourth-order valence-electron chi connectivity index (χ4n) is 5.41. The number of allylic oxidation sites excluding steroid dienone is 1. The third-order valence-electron chi connectivity index (χ3n) is 7.57. The number of amides is 1. The first-order chi connectivity index (χ1) is 24.9. The van der Waals surface area contributed by atoms with E-state index in [1.54, 1.807) is 24.0 Å². The number of nitrogens with zero attached hydrogens (tertiary/aromatic N) is 4. The number of carbonyl (C=O) groups is 4. The van der Waals surface area contributed by atoms with E-state index in [-0.39, 0.29) is 47.4 Å². The number of carboxylic acid groups (broad SMARTS) is 3. The monoisotopic (exact) mass is 844 g/mol. The standard InChI is InChI=1S/C29H24N4O14S6/c1-12(26-30(3-2-4-53(43,44)45)13-6-14-15(47-11-46-14)7-16(13)49-26)5-17-23(40)31(8-18(34)35)27(50-17)21-24(41)32(9-19(36)37)28(51-21)22-25(42)33(10-20(38)39)29(48)52-22/h5-7H,2-4,8-11H2,1H3,(H,34,35)(H,36,37)(H,38,39)(H,43,44,45)/b17-5?,26-12+,27-21+,28-22+. The summed E-state index contributed by atoms with van der Waals surface area (Å²) in [6, 6.07) is 3.47. The van der Waals surface area contributed by atoms with Gasteiger partial charge >= 0.3 is 17.9 Å². The third kappa shape index (κ3) is 7.78. The highest BCUT2D eigenvalue weighted by molar-refractivity contribution is 8.30. The highest BCUT2D eigenvalue weighted by Crippen LogP contribution is 2.52. The summed E-state index contributed by atoms with van der Waals surface area (Å²) in [6.07, 6.45) is 1.50. The maximum atomic E-state index is 13.8. The lowest BCUT2D eigenvalue weighted by atomic mass is 10.2. The van der Waals surface area contributed by atoms with Crippen molar-refractivity contribution in [1.29, 1.82) is 0 Å². The number of thiocarbonyl (C=S) groups is 1. The zero-order valence-corrected chi connectivity index (χ0v) is 31.7.